The summed E-state index contributed by atoms with van der Waals surface area (Å²) in [6, 6.07) is 7.13. The Balaban J connectivity index is 2.52. The van der Waals surface area contributed by atoms with Crippen LogP contribution in [0.1, 0.15) is 10.4 Å². The van der Waals surface area contributed by atoms with Crippen LogP contribution in [-0.2, 0) is 0 Å². The van der Waals surface area contributed by atoms with Crippen LogP contribution in [0.3, 0.4) is 0 Å². The van der Waals surface area contributed by atoms with Gasteiger partial charge in [-0.05, 0) is 17.7 Å². The molecule has 1 aromatic carbocycles. The smallest absolute Gasteiger partial charge is 0.191 e. The van der Waals surface area contributed by atoms with Gasteiger partial charge in [0.1, 0.15) is 6.61 Å². The molecule has 3 N–H and O–H groups in total. The van der Waals surface area contributed by atoms with Crippen molar-refractivity contribution in [3.05, 3.63) is 40.2 Å². The minimum absolute atomic E-state index is 0.367. The van der Waals surface area contributed by atoms with Gasteiger partial charge in [0.25, 0.3) is 0 Å². The van der Waals surface area contributed by atoms with Crippen LogP contribution in [0.2, 0.25) is 5.02 Å². The van der Waals surface area contributed by atoms with Crippen LogP contribution in [0.5, 0.6) is 0 Å². The second-order valence-electron chi connectivity index (χ2n) is 3.48. The van der Waals surface area contributed by atoms with Gasteiger partial charge < -0.3 is 10.8 Å². The molecule has 5 heteroatoms. The van der Waals surface area contributed by atoms with Crippen LogP contribution in [0.25, 0.3) is 11.1 Å². The second kappa shape index (κ2) is 4.87. The molecule has 3 nitrogen and oxygen atoms in total. The quantitative estimate of drug-likeness (QED) is 0.841. The van der Waals surface area contributed by atoms with Gasteiger partial charge in [-0.25, -0.2) is 0 Å². The summed E-state index contributed by atoms with van der Waals surface area (Å²) < 4.78 is 0. The molecular weight excluding hydrogens is 258 g/mol. The Morgan fingerprint density at radius 1 is 1.35 bits per heavy atom. The molecule has 0 aliphatic carbocycles. The first kappa shape index (κ1) is 12.1. The van der Waals surface area contributed by atoms with Crippen molar-refractivity contribution in [2.45, 2.75) is 0 Å². The van der Waals surface area contributed by atoms with Gasteiger partial charge in [-0.15, -0.1) is 11.3 Å². The summed E-state index contributed by atoms with van der Waals surface area (Å²) in [6.45, 7) is -0.540. The Kier molecular flexibility index (Phi) is 3.47. The third kappa shape index (κ3) is 2.34. The van der Waals surface area contributed by atoms with Gasteiger partial charge in [-0.1, -0.05) is 23.7 Å². The number of nitrogen functional groups attached to an aromatic ring is 1. The minimum atomic E-state index is -0.540. The molecule has 0 saturated carbocycles. The summed E-state index contributed by atoms with van der Waals surface area (Å²) >= 11 is 7.09. The monoisotopic (exact) mass is 267 g/mol. The number of carbonyl (C=O) groups excluding carboxylic acids is 1. The Labute approximate surface area is 107 Å². The second-order valence-corrected chi connectivity index (χ2v) is 4.82. The molecule has 2 rings (SSSR count). The Bertz CT molecular complexity index is 548. The van der Waals surface area contributed by atoms with Crippen molar-refractivity contribution >= 4 is 33.7 Å². The number of Topliss-reactive ketones (excluding diaryl/α,β-unsaturated/α-hetero) is 1. The average Bonchev–Trinajstić information content (AvgIpc) is 2.71. The fourth-order valence-corrected chi connectivity index (χ4v) is 2.55. The van der Waals surface area contributed by atoms with Gasteiger partial charge in [0.15, 0.2) is 5.78 Å². The van der Waals surface area contributed by atoms with E-state index in [1.54, 1.807) is 12.1 Å². The molecule has 0 unspecified atom stereocenters. The van der Waals surface area contributed by atoms with Crippen LogP contribution in [0, 0.1) is 0 Å². The number of hydrogen-bond donors (Lipinski definition) is 2. The maximum atomic E-state index is 11.6. The van der Waals surface area contributed by atoms with Crippen LogP contribution in [0.15, 0.2) is 29.6 Å². The van der Waals surface area contributed by atoms with Crippen molar-refractivity contribution < 1.29 is 9.90 Å². The fraction of sp³-hybridized carbons (Fsp3) is 0.0833. The summed E-state index contributed by atoms with van der Waals surface area (Å²) in [4.78, 5) is 11.6. The molecular formula is C12H10ClNO2S. The molecule has 0 aliphatic heterocycles. The van der Waals surface area contributed by atoms with Gasteiger partial charge in [0.2, 0.25) is 0 Å². The highest BCUT2D eigenvalue weighted by Gasteiger charge is 2.17. The van der Waals surface area contributed by atoms with Crippen molar-refractivity contribution in [2.75, 3.05) is 12.3 Å². The van der Waals surface area contributed by atoms with Crippen molar-refractivity contribution in [3.63, 3.8) is 0 Å². The number of aliphatic hydroxyl groups is 1. The number of halogens is 1. The van der Waals surface area contributed by atoms with Gasteiger partial charge in [0.05, 0.1) is 10.6 Å². The zero-order chi connectivity index (χ0) is 12.4. The Hall–Kier alpha value is -1.36. The summed E-state index contributed by atoms with van der Waals surface area (Å²) in [7, 11) is 0. The van der Waals surface area contributed by atoms with E-state index < -0.39 is 6.61 Å². The maximum absolute atomic E-state index is 11.6. The van der Waals surface area contributed by atoms with Crippen LogP contribution < -0.4 is 5.73 Å². The molecule has 0 fully saturated rings. The Morgan fingerprint density at radius 3 is 2.59 bits per heavy atom. The van der Waals surface area contributed by atoms with Crippen molar-refractivity contribution in [1.82, 2.24) is 0 Å². The third-order valence-electron chi connectivity index (χ3n) is 2.40. The van der Waals surface area contributed by atoms with E-state index in [9.17, 15) is 4.79 Å². The van der Waals surface area contributed by atoms with E-state index in [-0.39, 0.29) is 5.78 Å². The zero-order valence-electron chi connectivity index (χ0n) is 8.81. The molecule has 0 saturated heterocycles. The molecule has 0 atom stereocenters. The maximum Gasteiger partial charge on any atom is 0.191 e. The van der Waals surface area contributed by atoms with E-state index in [1.165, 1.54) is 11.3 Å². The van der Waals surface area contributed by atoms with Crippen molar-refractivity contribution in [2.24, 2.45) is 0 Å². The van der Waals surface area contributed by atoms with Crippen LogP contribution >= 0.6 is 22.9 Å². The lowest BCUT2D eigenvalue weighted by atomic mass is 10.0. The Morgan fingerprint density at radius 2 is 2.00 bits per heavy atom. The summed E-state index contributed by atoms with van der Waals surface area (Å²) in [5.74, 6) is -0.367. The standard InChI is InChI=1S/C12H10ClNO2S/c13-8-3-1-7(2-4-8)9-6-17-12(14)11(9)10(16)5-15/h1-4,6,15H,5,14H2. The molecule has 0 spiro atoms. The fourth-order valence-electron chi connectivity index (χ4n) is 1.58. The minimum Gasteiger partial charge on any atom is -0.390 e. The molecule has 17 heavy (non-hydrogen) atoms. The number of benzene rings is 1. The number of anilines is 1. The van der Waals surface area contributed by atoms with E-state index in [1.807, 2.05) is 17.5 Å². The van der Waals surface area contributed by atoms with Crippen LogP contribution in [-0.4, -0.2) is 17.5 Å². The predicted octanol–water partition coefficient (Wildman–Crippen LogP) is 2.83. The molecule has 0 aliphatic rings. The zero-order valence-corrected chi connectivity index (χ0v) is 10.4. The van der Waals surface area contributed by atoms with Crippen LogP contribution in [0.4, 0.5) is 5.00 Å². The number of nitrogens with two attached hydrogens (primary N) is 1. The van der Waals surface area contributed by atoms with E-state index in [0.717, 1.165) is 11.1 Å². The predicted molar refractivity (Wildman–Crippen MR) is 70.6 cm³/mol. The number of rotatable bonds is 3. The van der Waals surface area contributed by atoms with Crippen molar-refractivity contribution in [3.8, 4) is 11.1 Å². The molecule has 0 bridgehead atoms. The lowest BCUT2D eigenvalue weighted by Gasteiger charge is -2.03. The largest absolute Gasteiger partial charge is 0.390 e. The third-order valence-corrected chi connectivity index (χ3v) is 3.46. The number of thiophene rings is 1. The highest BCUT2D eigenvalue weighted by atomic mass is 35.5. The van der Waals surface area contributed by atoms with Gasteiger partial charge in [-0.3, -0.25) is 4.79 Å². The number of aliphatic hydroxyl groups excluding tert-OH is 1. The molecule has 0 radical (unpaired) electrons. The topological polar surface area (TPSA) is 63.3 Å². The van der Waals surface area contributed by atoms with E-state index in [0.29, 0.717) is 15.6 Å². The van der Waals surface area contributed by atoms with E-state index in [2.05, 4.69) is 0 Å². The van der Waals surface area contributed by atoms with Crippen molar-refractivity contribution in [1.29, 1.82) is 0 Å². The van der Waals surface area contributed by atoms with Gasteiger partial charge in [0, 0.05) is 16.0 Å². The normalized spacial score (nSPS) is 10.5. The van der Waals surface area contributed by atoms with Gasteiger partial charge in [-0.2, -0.15) is 0 Å². The molecule has 1 heterocycles. The molecule has 88 valence electrons. The number of ketones is 1. The first-order valence-corrected chi connectivity index (χ1v) is 6.16. The highest BCUT2D eigenvalue weighted by Crippen LogP contribution is 2.34. The molecule has 0 amide bonds. The lowest BCUT2D eigenvalue weighted by Crippen LogP contribution is -2.06. The first-order chi connectivity index (χ1) is 8.13. The SMILES string of the molecule is Nc1scc(-c2ccc(Cl)cc2)c1C(=O)CO. The first-order valence-electron chi connectivity index (χ1n) is 4.90. The lowest BCUT2D eigenvalue weighted by molar-refractivity contribution is 0.0905. The van der Waals surface area contributed by atoms with E-state index in [4.69, 9.17) is 22.4 Å². The summed E-state index contributed by atoms with van der Waals surface area (Å²) in [5.41, 5.74) is 7.73. The number of carbonyl (C=O) groups is 1. The number of hydrogen-bond acceptors (Lipinski definition) is 4. The van der Waals surface area contributed by atoms with Gasteiger partial charge >= 0.3 is 0 Å². The molecule has 2 aromatic rings. The van der Waals surface area contributed by atoms with E-state index >= 15 is 0 Å². The highest BCUT2D eigenvalue weighted by molar-refractivity contribution is 7.15. The summed E-state index contributed by atoms with van der Waals surface area (Å²) in [6.07, 6.45) is 0. The molecule has 1 aromatic heterocycles. The summed E-state index contributed by atoms with van der Waals surface area (Å²) in [5, 5.41) is 11.8. The average molecular weight is 268 g/mol.